The summed E-state index contributed by atoms with van der Waals surface area (Å²) in [4.78, 5) is 16.6. The summed E-state index contributed by atoms with van der Waals surface area (Å²) in [5, 5.41) is 12.5. The molecular formula is C21H26FN3O2. The summed E-state index contributed by atoms with van der Waals surface area (Å²) >= 11 is 0. The van der Waals surface area contributed by atoms with Crippen molar-refractivity contribution in [2.24, 2.45) is 0 Å². The van der Waals surface area contributed by atoms with Crippen LogP contribution in [0.25, 0.3) is 0 Å². The zero-order chi connectivity index (χ0) is 19.4. The molecule has 1 heterocycles. The second-order valence-corrected chi connectivity index (χ2v) is 6.94. The van der Waals surface area contributed by atoms with Crippen LogP contribution < -0.4 is 10.2 Å². The monoisotopic (exact) mass is 371 g/mol. The first kappa shape index (κ1) is 19.3. The number of halogens is 1. The fourth-order valence-electron chi connectivity index (χ4n) is 3.32. The van der Waals surface area contributed by atoms with Crippen molar-refractivity contribution in [3.63, 3.8) is 0 Å². The van der Waals surface area contributed by atoms with Crippen LogP contribution in [0.5, 0.6) is 0 Å². The topological polar surface area (TPSA) is 55.8 Å². The van der Waals surface area contributed by atoms with Crippen molar-refractivity contribution < 1.29 is 14.3 Å². The Bertz CT molecular complexity index is 774. The number of carbonyl (C=O) groups is 1. The van der Waals surface area contributed by atoms with Crippen molar-refractivity contribution in [3.8, 4) is 0 Å². The molecule has 0 saturated carbocycles. The van der Waals surface area contributed by atoms with Gasteiger partial charge in [0.05, 0.1) is 17.8 Å². The minimum absolute atomic E-state index is 0.0397. The molecule has 0 spiro atoms. The lowest BCUT2D eigenvalue weighted by Crippen LogP contribution is -2.53. The van der Waals surface area contributed by atoms with Gasteiger partial charge in [-0.15, -0.1) is 0 Å². The Morgan fingerprint density at radius 3 is 2.33 bits per heavy atom. The van der Waals surface area contributed by atoms with Crippen molar-refractivity contribution in [2.75, 3.05) is 36.4 Å². The molecule has 144 valence electrons. The van der Waals surface area contributed by atoms with E-state index in [4.69, 9.17) is 0 Å². The van der Waals surface area contributed by atoms with Gasteiger partial charge in [0.2, 0.25) is 5.91 Å². The number of rotatable bonds is 5. The van der Waals surface area contributed by atoms with Crippen LogP contribution in [0.1, 0.15) is 25.5 Å². The normalized spacial score (nSPS) is 17.4. The molecule has 0 unspecified atom stereocenters. The SMILES string of the molecule is C[C@@H](O)c1ccc(N2CCN([C@@H](C)C(=O)Nc3ccccc3)CC2)c(F)c1. The molecule has 0 aromatic heterocycles. The van der Waals surface area contributed by atoms with Crippen molar-refractivity contribution in [1.29, 1.82) is 0 Å². The summed E-state index contributed by atoms with van der Waals surface area (Å²) in [6.07, 6.45) is -0.686. The number of hydrogen-bond acceptors (Lipinski definition) is 4. The number of carbonyl (C=O) groups excluding carboxylic acids is 1. The highest BCUT2D eigenvalue weighted by Crippen LogP contribution is 2.25. The van der Waals surface area contributed by atoms with Crippen molar-refractivity contribution in [1.82, 2.24) is 4.90 Å². The third kappa shape index (κ3) is 4.64. The van der Waals surface area contributed by atoms with E-state index in [2.05, 4.69) is 10.2 Å². The molecule has 1 fully saturated rings. The third-order valence-corrected chi connectivity index (χ3v) is 5.08. The van der Waals surface area contributed by atoms with Crippen LogP contribution in [0, 0.1) is 5.82 Å². The van der Waals surface area contributed by atoms with Gasteiger partial charge in [-0.3, -0.25) is 9.69 Å². The molecule has 2 N–H and O–H groups in total. The number of para-hydroxylation sites is 1. The van der Waals surface area contributed by atoms with Crippen LogP contribution >= 0.6 is 0 Å². The Labute approximate surface area is 159 Å². The molecule has 5 nitrogen and oxygen atoms in total. The Balaban J connectivity index is 1.57. The summed E-state index contributed by atoms with van der Waals surface area (Å²) in [6.45, 7) is 6.17. The lowest BCUT2D eigenvalue weighted by atomic mass is 10.1. The minimum atomic E-state index is -0.686. The highest BCUT2D eigenvalue weighted by molar-refractivity contribution is 5.94. The van der Waals surface area contributed by atoms with Crippen molar-refractivity contribution in [3.05, 3.63) is 59.9 Å². The average Bonchev–Trinajstić information content (AvgIpc) is 2.68. The van der Waals surface area contributed by atoms with Crippen LogP contribution in [0.3, 0.4) is 0 Å². The van der Waals surface area contributed by atoms with Gasteiger partial charge in [0.25, 0.3) is 0 Å². The van der Waals surface area contributed by atoms with Gasteiger partial charge in [0.1, 0.15) is 5.82 Å². The number of amides is 1. The van der Waals surface area contributed by atoms with Crippen molar-refractivity contribution in [2.45, 2.75) is 26.0 Å². The lowest BCUT2D eigenvalue weighted by Gasteiger charge is -2.38. The standard InChI is InChI=1S/C21H26FN3O2/c1-15(21(27)23-18-6-4-3-5-7-18)24-10-12-25(13-11-24)20-9-8-17(16(2)26)14-19(20)22/h3-9,14-16,26H,10-13H2,1-2H3,(H,23,27)/t15-,16+/m0/s1. The van der Waals surface area contributed by atoms with E-state index in [1.54, 1.807) is 19.1 Å². The predicted octanol–water partition coefficient (Wildman–Crippen LogP) is 3.03. The van der Waals surface area contributed by atoms with E-state index in [9.17, 15) is 14.3 Å². The quantitative estimate of drug-likeness (QED) is 0.848. The number of anilines is 2. The molecule has 1 aliphatic rings. The van der Waals surface area contributed by atoms with Gasteiger partial charge in [-0.25, -0.2) is 4.39 Å². The highest BCUT2D eigenvalue weighted by atomic mass is 19.1. The summed E-state index contributed by atoms with van der Waals surface area (Å²) in [6, 6.07) is 14.0. The van der Waals surface area contributed by atoms with Gasteiger partial charge in [0, 0.05) is 31.9 Å². The molecule has 2 atom stereocenters. The maximum Gasteiger partial charge on any atom is 0.241 e. The van der Waals surface area contributed by atoms with Gasteiger partial charge in [-0.05, 0) is 43.7 Å². The number of aliphatic hydroxyl groups excluding tert-OH is 1. The van der Waals surface area contributed by atoms with Crippen molar-refractivity contribution >= 4 is 17.3 Å². The Kier molecular flexibility index (Phi) is 6.08. The second-order valence-electron chi connectivity index (χ2n) is 6.94. The number of nitrogens with one attached hydrogen (secondary N) is 1. The molecule has 3 rings (SSSR count). The first-order chi connectivity index (χ1) is 13.0. The van der Waals surface area contributed by atoms with E-state index in [1.807, 2.05) is 42.2 Å². The predicted molar refractivity (Wildman–Crippen MR) is 105 cm³/mol. The average molecular weight is 371 g/mol. The zero-order valence-corrected chi connectivity index (χ0v) is 15.7. The highest BCUT2D eigenvalue weighted by Gasteiger charge is 2.26. The molecule has 2 aromatic rings. The summed E-state index contributed by atoms with van der Waals surface area (Å²) in [5.74, 6) is -0.362. The molecule has 1 aliphatic heterocycles. The summed E-state index contributed by atoms with van der Waals surface area (Å²) < 4.78 is 14.4. The Morgan fingerprint density at radius 2 is 1.74 bits per heavy atom. The lowest BCUT2D eigenvalue weighted by molar-refractivity contribution is -0.120. The first-order valence-corrected chi connectivity index (χ1v) is 9.28. The largest absolute Gasteiger partial charge is 0.389 e. The number of nitrogens with zero attached hydrogens (tertiary/aromatic N) is 2. The van der Waals surface area contributed by atoms with Crippen LogP contribution in [-0.2, 0) is 4.79 Å². The van der Waals surface area contributed by atoms with E-state index >= 15 is 0 Å². The van der Waals surface area contributed by atoms with E-state index in [0.29, 0.717) is 37.4 Å². The molecule has 0 radical (unpaired) electrons. The van der Waals surface area contributed by atoms with Crippen LogP contribution in [0.2, 0.25) is 0 Å². The summed E-state index contributed by atoms with van der Waals surface area (Å²) in [7, 11) is 0. The molecule has 1 saturated heterocycles. The van der Waals surface area contributed by atoms with Crippen LogP contribution in [-0.4, -0.2) is 48.1 Å². The van der Waals surface area contributed by atoms with Crippen LogP contribution in [0.15, 0.2) is 48.5 Å². The molecule has 27 heavy (non-hydrogen) atoms. The number of benzene rings is 2. The number of aliphatic hydroxyl groups is 1. The van der Waals surface area contributed by atoms with E-state index in [-0.39, 0.29) is 17.8 Å². The zero-order valence-electron chi connectivity index (χ0n) is 15.7. The number of piperazine rings is 1. The van der Waals surface area contributed by atoms with E-state index in [0.717, 1.165) is 5.69 Å². The molecule has 2 aromatic carbocycles. The molecule has 0 aliphatic carbocycles. The second kappa shape index (κ2) is 8.50. The van der Waals surface area contributed by atoms with Crippen LogP contribution in [0.4, 0.5) is 15.8 Å². The molecule has 1 amide bonds. The van der Waals surface area contributed by atoms with Gasteiger partial charge in [-0.1, -0.05) is 24.3 Å². The fraction of sp³-hybridized carbons (Fsp3) is 0.381. The fourth-order valence-corrected chi connectivity index (χ4v) is 3.32. The van der Waals surface area contributed by atoms with E-state index < -0.39 is 6.10 Å². The van der Waals surface area contributed by atoms with E-state index in [1.165, 1.54) is 6.07 Å². The molecular weight excluding hydrogens is 345 g/mol. The molecule has 0 bridgehead atoms. The number of hydrogen-bond donors (Lipinski definition) is 2. The first-order valence-electron chi connectivity index (χ1n) is 9.28. The van der Waals surface area contributed by atoms with Gasteiger partial charge >= 0.3 is 0 Å². The van der Waals surface area contributed by atoms with Gasteiger partial charge in [0.15, 0.2) is 0 Å². The van der Waals surface area contributed by atoms with Gasteiger partial charge < -0.3 is 15.3 Å². The third-order valence-electron chi connectivity index (χ3n) is 5.08. The molecule has 6 heteroatoms. The maximum absolute atomic E-state index is 14.4. The Hall–Kier alpha value is -2.44. The minimum Gasteiger partial charge on any atom is -0.389 e. The smallest absolute Gasteiger partial charge is 0.241 e. The summed E-state index contributed by atoms with van der Waals surface area (Å²) in [5.41, 5.74) is 1.90. The van der Waals surface area contributed by atoms with Gasteiger partial charge in [-0.2, -0.15) is 0 Å². The maximum atomic E-state index is 14.4. The Morgan fingerprint density at radius 1 is 1.07 bits per heavy atom.